The van der Waals surface area contributed by atoms with Crippen LogP contribution in [0.15, 0.2) is 15.9 Å². The van der Waals surface area contributed by atoms with Crippen molar-refractivity contribution in [1.29, 1.82) is 0 Å². The molecule has 0 bridgehead atoms. The number of nitrogens with zero attached hydrogens (tertiary/aromatic N) is 2. The molecule has 0 radical (unpaired) electrons. The summed E-state index contributed by atoms with van der Waals surface area (Å²) in [6.45, 7) is -0.897. The molecule has 3 heterocycles. The maximum absolute atomic E-state index is 11.7. The van der Waals surface area contributed by atoms with Crippen molar-refractivity contribution in [3.05, 3.63) is 27.2 Å². The van der Waals surface area contributed by atoms with E-state index >= 15 is 0 Å². The van der Waals surface area contributed by atoms with Gasteiger partial charge in [-0.25, -0.2) is 18.9 Å². The van der Waals surface area contributed by atoms with Crippen LogP contribution >= 0.6 is 15.6 Å². The minimum absolute atomic E-state index is 0. The van der Waals surface area contributed by atoms with Gasteiger partial charge in [-0.15, -0.1) is 0 Å². The number of H-pyrrole nitrogens is 2. The summed E-state index contributed by atoms with van der Waals surface area (Å²) in [5.41, 5.74) is -1.96. The molecule has 160 valence electrons. The van der Waals surface area contributed by atoms with Gasteiger partial charge in [0.1, 0.15) is 24.0 Å². The van der Waals surface area contributed by atoms with Crippen molar-refractivity contribution in [2.24, 2.45) is 0 Å². The maximum atomic E-state index is 11.7. The quantitative estimate of drug-likeness (QED) is 0.146. The normalized spacial score (nSPS) is 26.0. The number of phosphoric acid groups is 2. The average molecular weight is 492 g/mol. The first-order chi connectivity index (χ1) is 12.9. The smallest absolute Gasteiger partial charge is 1.00 e. The number of hydrogen-bond donors (Lipinski definition) is 7. The molecule has 0 spiro atoms. The van der Waals surface area contributed by atoms with Gasteiger partial charge in [0.05, 0.1) is 12.9 Å². The summed E-state index contributed by atoms with van der Waals surface area (Å²) in [5, 5.41) is 20.2. The Morgan fingerprint density at radius 1 is 1.17 bits per heavy atom. The van der Waals surface area contributed by atoms with E-state index in [1.807, 2.05) is 4.98 Å². The van der Waals surface area contributed by atoms with Crippen molar-refractivity contribution in [3.8, 4) is 0 Å². The van der Waals surface area contributed by atoms with Crippen LogP contribution in [0.25, 0.3) is 11.2 Å². The van der Waals surface area contributed by atoms with Gasteiger partial charge in [0.2, 0.25) is 0 Å². The molecule has 0 amide bonds. The van der Waals surface area contributed by atoms with Gasteiger partial charge >= 0.3 is 80.4 Å². The number of ether oxygens (including phenoxy) is 1. The Kier molecular flexibility index (Phi) is 9.90. The number of fused-ring (bicyclic) bond motifs is 1. The molecule has 2 aromatic heterocycles. The molecule has 1 saturated heterocycles. The van der Waals surface area contributed by atoms with Crippen molar-refractivity contribution in [1.82, 2.24) is 19.5 Å². The fourth-order valence-corrected chi connectivity index (χ4v) is 4.17. The predicted octanol–water partition coefficient (Wildman–Crippen LogP) is -8.51. The summed E-state index contributed by atoms with van der Waals surface area (Å²) in [6, 6.07) is 0. The van der Waals surface area contributed by atoms with Gasteiger partial charge in [0.15, 0.2) is 11.7 Å². The van der Waals surface area contributed by atoms with Crippen molar-refractivity contribution in [2.45, 2.75) is 24.5 Å². The number of imidazole rings is 1. The van der Waals surface area contributed by atoms with Gasteiger partial charge < -0.3 is 32.5 Å². The Bertz CT molecular complexity index is 1110. The number of nitrogens with one attached hydrogen (secondary N) is 2. The molecular weight excluding hydrogens is 476 g/mol. The average Bonchev–Trinajstić information content (AvgIpc) is 3.06. The summed E-state index contributed by atoms with van der Waals surface area (Å²) in [4.78, 5) is 57.5. The number of rotatable bonds is 6. The van der Waals surface area contributed by atoms with Crippen LogP contribution in [0, 0.1) is 0 Å². The van der Waals surface area contributed by atoms with Gasteiger partial charge in [-0.1, -0.05) is 0 Å². The van der Waals surface area contributed by atoms with Gasteiger partial charge in [-0.05, 0) is 0 Å². The number of aliphatic hydroxyl groups is 2. The van der Waals surface area contributed by atoms with Crippen molar-refractivity contribution < 1.29 is 110 Å². The molecule has 1 aliphatic heterocycles. The van der Waals surface area contributed by atoms with Crippen LogP contribution in [-0.2, 0) is 22.7 Å². The van der Waals surface area contributed by atoms with Crippen LogP contribution in [0.4, 0.5) is 0 Å². The number of phosphoric ester groups is 1. The minimum Gasteiger partial charge on any atom is -1.00 e. The van der Waals surface area contributed by atoms with Crippen LogP contribution in [-0.4, -0.2) is 69.3 Å². The Labute approximate surface area is 213 Å². The van der Waals surface area contributed by atoms with E-state index in [1.165, 1.54) is 0 Å². The molecule has 30 heavy (non-hydrogen) atoms. The van der Waals surface area contributed by atoms with Crippen LogP contribution in [0.3, 0.4) is 0 Å². The molecule has 0 aliphatic carbocycles. The third-order valence-electron chi connectivity index (χ3n) is 3.69. The van der Waals surface area contributed by atoms with Gasteiger partial charge in [0, 0.05) is 0 Å². The second-order valence-electron chi connectivity index (χ2n) is 5.64. The SMILES string of the molecule is O=c1[nH]c(=O)c2ncn([C@@H]3O[C@H](COP(=O)(O)OP(=O)(O)O)[C@@H](O)[C@H]3O)c2[nH]1.[H-].[H-].[Na+].[Na+]. The van der Waals surface area contributed by atoms with E-state index in [9.17, 15) is 33.8 Å². The third-order valence-corrected chi connectivity index (χ3v) is 5.84. The number of aromatic amines is 2. The Hall–Kier alpha value is 0.290. The number of aromatic nitrogens is 4. The first-order valence-electron chi connectivity index (χ1n) is 7.33. The standard InChI is InChI=1S/C10H14N4O12P2.2Na.2H/c15-5-3(1-24-28(22,23)26-27(19,20)21)25-9(6(5)16)14-2-11-4-7(14)12-10(18)13-8(4)17;;;;/h2-3,5-6,9,15-16H,1H2,(H,22,23)(H2,19,20,21)(H2,12,13,17,18);;;;/q;2*+1;2*-1/t3-,5-,6-,9-;;;;/m1..../s1. The zero-order chi connectivity index (χ0) is 20.9. The zero-order valence-electron chi connectivity index (χ0n) is 17.5. The van der Waals surface area contributed by atoms with Crippen molar-refractivity contribution >= 4 is 26.8 Å². The summed E-state index contributed by atoms with van der Waals surface area (Å²) in [7, 11) is -10.5. The third kappa shape index (κ3) is 6.42. The molecule has 3 rings (SSSR count). The molecule has 5 atom stereocenters. The predicted molar refractivity (Wildman–Crippen MR) is 88.0 cm³/mol. The Balaban J connectivity index is 0. The largest absolute Gasteiger partial charge is 1.00 e. The molecular formula is C10H16N4Na2O12P2. The summed E-state index contributed by atoms with van der Waals surface area (Å²) < 4.78 is 36.4. The monoisotopic (exact) mass is 492 g/mol. The van der Waals surface area contributed by atoms with Crippen LogP contribution in [0.2, 0.25) is 0 Å². The maximum Gasteiger partial charge on any atom is 1.00 e. The fraction of sp³-hybridized carbons (Fsp3) is 0.500. The van der Waals surface area contributed by atoms with E-state index in [2.05, 4.69) is 18.8 Å². The zero-order valence-corrected chi connectivity index (χ0v) is 21.3. The minimum atomic E-state index is -5.33. The van der Waals surface area contributed by atoms with Crippen molar-refractivity contribution in [3.63, 3.8) is 0 Å². The Morgan fingerprint density at radius 3 is 2.40 bits per heavy atom. The van der Waals surface area contributed by atoms with E-state index < -0.39 is 58.0 Å². The molecule has 0 aromatic carbocycles. The Morgan fingerprint density at radius 2 is 1.80 bits per heavy atom. The first-order valence-corrected chi connectivity index (χ1v) is 10.4. The van der Waals surface area contributed by atoms with E-state index in [-0.39, 0.29) is 73.1 Å². The summed E-state index contributed by atoms with van der Waals surface area (Å²) in [6.07, 6.45) is -5.09. The van der Waals surface area contributed by atoms with Crippen LogP contribution in [0.1, 0.15) is 9.08 Å². The molecule has 16 nitrogen and oxygen atoms in total. The summed E-state index contributed by atoms with van der Waals surface area (Å²) >= 11 is 0. The second-order valence-corrected chi connectivity index (χ2v) is 8.47. The van der Waals surface area contributed by atoms with E-state index in [4.69, 9.17) is 14.5 Å². The molecule has 20 heteroatoms. The van der Waals surface area contributed by atoms with Crippen LogP contribution in [0.5, 0.6) is 0 Å². The van der Waals surface area contributed by atoms with E-state index in [0.717, 1.165) is 10.9 Å². The topological polar surface area (TPSA) is 247 Å². The van der Waals surface area contributed by atoms with Gasteiger partial charge in [-0.3, -0.25) is 23.9 Å². The summed E-state index contributed by atoms with van der Waals surface area (Å²) in [5.74, 6) is 0. The fourth-order valence-electron chi connectivity index (χ4n) is 2.57. The molecule has 1 unspecified atom stereocenters. The number of hydrogen-bond acceptors (Lipinski definition) is 10. The molecule has 1 fully saturated rings. The van der Waals surface area contributed by atoms with E-state index in [1.54, 1.807) is 0 Å². The van der Waals surface area contributed by atoms with Gasteiger partial charge in [-0.2, -0.15) is 4.31 Å². The molecule has 1 aliphatic rings. The van der Waals surface area contributed by atoms with Gasteiger partial charge in [0.25, 0.3) is 5.56 Å². The van der Waals surface area contributed by atoms with Crippen LogP contribution < -0.4 is 70.4 Å². The number of aliphatic hydroxyl groups excluding tert-OH is 2. The molecule has 7 N–H and O–H groups in total. The van der Waals surface area contributed by atoms with Crippen molar-refractivity contribution in [2.75, 3.05) is 6.61 Å². The first kappa shape index (κ1) is 28.3. The van der Waals surface area contributed by atoms with E-state index in [0.29, 0.717) is 0 Å². The second kappa shape index (κ2) is 10.5. The molecule has 2 aromatic rings. The molecule has 0 saturated carbocycles.